The second kappa shape index (κ2) is 8.40. The Hall–Kier alpha value is -1.06. The molecule has 1 unspecified atom stereocenters. The summed E-state index contributed by atoms with van der Waals surface area (Å²) >= 11 is 0. The topological polar surface area (TPSA) is 24.5 Å². The van der Waals surface area contributed by atoms with Crippen molar-refractivity contribution in [2.24, 2.45) is 0 Å². The maximum absolute atomic E-state index is 5.11. The van der Waals surface area contributed by atoms with Gasteiger partial charge >= 0.3 is 0 Å². The van der Waals surface area contributed by atoms with Gasteiger partial charge < -0.3 is 15.0 Å². The van der Waals surface area contributed by atoms with Crippen molar-refractivity contribution in [3.63, 3.8) is 0 Å². The van der Waals surface area contributed by atoms with E-state index >= 15 is 0 Å². The van der Waals surface area contributed by atoms with Crippen LogP contribution in [-0.4, -0.2) is 32.8 Å². The molecule has 3 heteroatoms. The first-order chi connectivity index (χ1) is 10.2. The molecule has 0 bridgehead atoms. The number of hydrogen-bond donors (Lipinski definition) is 1. The summed E-state index contributed by atoms with van der Waals surface area (Å²) in [6.45, 7) is 8.32. The van der Waals surface area contributed by atoms with E-state index in [2.05, 4.69) is 42.3 Å². The molecule has 1 aromatic carbocycles. The minimum atomic E-state index is 0.646. The predicted molar refractivity (Wildman–Crippen MR) is 90.0 cm³/mol. The standard InChI is InChI=1S/C18H30N2O/c1-15-8-9-18(17(13-15)14-19-10-12-21-3)20-11-6-4-5-7-16(20)2/h8-9,13,16,19H,4-7,10-12,14H2,1-3H3. The molecule has 0 radical (unpaired) electrons. The first-order valence-electron chi connectivity index (χ1n) is 8.28. The monoisotopic (exact) mass is 290 g/mol. The van der Waals surface area contributed by atoms with Gasteiger partial charge in [-0.05, 0) is 38.3 Å². The van der Waals surface area contributed by atoms with Crippen LogP contribution in [0.1, 0.15) is 43.7 Å². The zero-order valence-corrected chi connectivity index (χ0v) is 13.8. The number of aryl methyl sites for hydroxylation is 1. The predicted octanol–water partition coefficient (Wildman–Crippen LogP) is 3.50. The van der Waals surface area contributed by atoms with E-state index in [-0.39, 0.29) is 0 Å². The highest BCUT2D eigenvalue weighted by Crippen LogP contribution is 2.28. The number of methoxy groups -OCH3 is 1. The van der Waals surface area contributed by atoms with E-state index in [1.807, 2.05) is 0 Å². The van der Waals surface area contributed by atoms with Crippen molar-refractivity contribution in [1.82, 2.24) is 5.32 Å². The van der Waals surface area contributed by atoms with E-state index < -0.39 is 0 Å². The van der Waals surface area contributed by atoms with Crippen molar-refractivity contribution in [2.45, 2.75) is 52.1 Å². The Bertz CT molecular complexity index is 433. The number of ether oxygens (including phenoxy) is 1. The lowest BCUT2D eigenvalue weighted by Crippen LogP contribution is -2.33. The summed E-state index contributed by atoms with van der Waals surface area (Å²) in [5.41, 5.74) is 4.17. The Labute approximate surface area is 129 Å². The Morgan fingerprint density at radius 2 is 2.14 bits per heavy atom. The van der Waals surface area contributed by atoms with Crippen LogP contribution < -0.4 is 10.2 Å². The molecule has 118 valence electrons. The average Bonchev–Trinajstić information content (AvgIpc) is 2.69. The third-order valence-corrected chi connectivity index (χ3v) is 4.40. The molecule has 1 aromatic rings. The van der Waals surface area contributed by atoms with Crippen LogP contribution in [0.2, 0.25) is 0 Å². The normalized spacial score (nSPS) is 19.6. The van der Waals surface area contributed by atoms with Crippen molar-refractivity contribution in [2.75, 3.05) is 31.7 Å². The molecule has 0 amide bonds. The van der Waals surface area contributed by atoms with Gasteiger partial charge in [0.05, 0.1) is 6.61 Å². The Balaban J connectivity index is 2.12. The minimum Gasteiger partial charge on any atom is -0.383 e. The maximum Gasteiger partial charge on any atom is 0.0587 e. The molecule has 0 aromatic heterocycles. The Morgan fingerprint density at radius 3 is 2.95 bits per heavy atom. The fourth-order valence-electron chi connectivity index (χ4n) is 3.17. The molecular formula is C18H30N2O. The number of nitrogens with zero attached hydrogens (tertiary/aromatic N) is 1. The molecule has 1 heterocycles. The van der Waals surface area contributed by atoms with Gasteiger partial charge in [0.1, 0.15) is 0 Å². The molecule has 21 heavy (non-hydrogen) atoms. The van der Waals surface area contributed by atoms with Gasteiger partial charge in [-0.15, -0.1) is 0 Å². The highest BCUT2D eigenvalue weighted by Gasteiger charge is 2.19. The Kier molecular flexibility index (Phi) is 6.52. The van der Waals surface area contributed by atoms with E-state index in [9.17, 15) is 0 Å². The van der Waals surface area contributed by atoms with Gasteiger partial charge in [-0.3, -0.25) is 0 Å². The van der Waals surface area contributed by atoms with Crippen molar-refractivity contribution in [1.29, 1.82) is 0 Å². The summed E-state index contributed by atoms with van der Waals surface area (Å²) in [5, 5.41) is 3.49. The molecule has 1 aliphatic rings. The van der Waals surface area contributed by atoms with E-state index in [1.54, 1.807) is 7.11 Å². The molecule has 3 nitrogen and oxygen atoms in total. The van der Waals surface area contributed by atoms with Crippen LogP contribution in [0.15, 0.2) is 18.2 Å². The van der Waals surface area contributed by atoms with Gasteiger partial charge in [0, 0.05) is 38.5 Å². The van der Waals surface area contributed by atoms with Crippen molar-refractivity contribution >= 4 is 5.69 Å². The first-order valence-corrected chi connectivity index (χ1v) is 8.28. The van der Waals surface area contributed by atoms with E-state index in [1.165, 1.54) is 49.0 Å². The van der Waals surface area contributed by atoms with Crippen molar-refractivity contribution in [3.05, 3.63) is 29.3 Å². The fourth-order valence-corrected chi connectivity index (χ4v) is 3.17. The maximum atomic E-state index is 5.11. The number of anilines is 1. The van der Waals surface area contributed by atoms with Gasteiger partial charge in [0.2, 0.25) is 0 Å². The van der Waals surface area contributed by atoms with E-state index in [4.69, 9.17) is 4.74 Å². The third kappa shape index (κ3) is 4.72. The molecule has 2 rings (SSSR count). The molecule has 0 saturated carbocycles. The summed E-state index contributed by atoms with van der Waals surface area (Å²) in [4.78, 5) is 2.61. The summed E-state index contributed by atoms with van der Waals surface area (Å²) in [6.07, 6.45) is 5.36. The molecule has 1 saturated heterocycles. The molecular weight excluding hydrogens is 260 g/mol. The highest BCUT2D eigenvalue weighted by molar-refractivity contribution is 5.55. The summed E-state index contributed by atoms with van der Waals surface area (Å²) in [7, 11) is 1.75. The molecule has 0 spiro atoms. The molecule has 1 atom stereocenters. The quantitative estimate of drug-likeness (QED) is 0.812. The fraction of sp³-hybridized carbons (Fsp3) is 0.667. The first kappa shape index (κ1) is 16.3. The average molecular weight is 290 g/mol. The second-order valence-corrected chi connectivity index (χ2v) is 6.19. The SMILES string of the molecule is COCCNCc1cc(C)ccc1N1CCCCCC1C. The van der Waals surface area contributed by atoms with Gasteiger partial charge in [-0.25, -0.2) is 0 Å². The summed E-state index contributed by atoms with van der Waals surface area (Å²) < 4.78 is 5.11. The van der Waals surface area contributed by atoms with Crippen LogP contribution in [0, 0.1) is 6.92 Å². The number of rotatable bonds is 6. The lowest BCUT2D eigenvalue weighted by atomic mass is 10.1. The van der Waals surface area contributed by atoms with Gasteiger partial charge in [0.25, 0.3) is 0 Å². The lowest BCUT2D eigenvalue weighted by molar-refractivity contribution is 0.199. The molecule has 1 aliphatic heterocycles. The summed E-state index contributed by atoms with van der Waals surface area (Å²) in [5.74, 6) is 0. The van der Waals surface area contributed by atoms with Gasteiger partial charge in [0.15, 0.2) is 0 Å². The van der Waals surface area contributed by atoms with Crippen molar-refractivity contribution < 1.29 is 4.74 Å². The van der Waals surface area contributed by atoms with Crippen LogP contribution in [0.3, 0.4) is 0 Å². The van der Waals surface area contributed by atoms with Crippen LogP contribution in [-0.2, 0) is 11.3 Å². The zero-order chi connectivity index (χ0) is 15.1. The van der Waals surface area contributed by atoms with Crippen LogP contribution in [0.4, 0.5) is 5.69 Å². The number of benzene rings is 1. The third-order valence-electron chi connectivity index (χ3n) is 4.40. The smallest absolute Gasteiger partial charge is 0.0587 e. The van der Waals surface area contributed by atoms with Gasteiger partial charge in [-0.1, -0.05) is 30.5 Å². The number of hydrogen-bond acceptors (Lipinski definition) is 3. The Morgan fingerprint density at radius 1 is 1.29 bits per heavy atom. The molecule has 1 N–H and O–H groups in total. The largest absolute Gasteiger partial charge is 0.383 e. The number of nitrogens with one attached hydrogen (secondary N) is 1. The van der Waals surface area contributed by atoms with Crippen molar-refractivity contribution in [3.8, 4) is 0 Å². The van der Waals surface area contributed by atoms with E-state index in [0.717, 1.165) is 19.7 Å². The van der Waals surface area contributed by atoms with Gasteiger partial charge in [-0.2, -0.15) is 0 Å². The molecule has 1 fully saturated rings. The van der Waals surface area contributed by atoms with Crippen LogP contribution in [0.5, 0.6) is 0 Å². The second-order valence-electron chi connectivity index (χ2n) is 6.19. The lowest BCUT2D eigenvalue weighted by Gasteiger charge is -2.31. The van der Waals surface area contributed by atoms with Crippen LogP contribution in [0.25, 0.3) is 0 Å². The van der Waals surface area contributed by atoms with Crippen LogP contribution >= 0.6 is 0 Å². The zero-order valence-electron chi connectivity index (χ0n) is 13.8. The van der Waals surface area contributed by atoms with E-state index in [0.29, 0.717) is 6.04 Å². The molecule has 0 aliphatic carbocycles. The minimum absolute atomic E-state index is 0.646. The summed E-state index contributed by atoms with van der Waals surface area (Å²) in [6, 6.07) is 7.52. The highest BCUT2D eigenvalue weighted by atomic mass is 16.5.